The molecule has 0 aromatic heterocycles. The number of amides is 2. The van der Waals surface area contributed by atoms with Gasteiger partial charge in [-0.2, -0.15) is 0 Å². The molecule has 2 aliphatic heterocycles. The van der Waals surface area contributed by atoms with Crippen LogP contribution in [0.2, 0.25) is 0 Å². The number of methoxy groups -OCH3 is 1. The summed E-state index contributed by atoms with van der Waals surface area (Å²) >= 11 is 5.43. The van der Waals surface area contributed by atoms with Crippen molar-refractivity contribution in [2.45, 2.75) is 57.1 Å². The lowest BCUT2D eigenvalue weighted by Gasteiger charge is -2.24. The van der Waals surface area contributed by atoms with Crippen LogP contribution in [0.4, 0.5) is 17.1 Å². The van der Waals surface area contributed by atoms with Gasteiger partial charge < -0.3 is 30.1 Å². The van der Waals surface area contributed by atoms with Gasteiger partial charge in [0.05, 0.1) is 31.0 Å². The van der Waals surface area contributed by atoms with E-state index in [1.807, 2.05) is 41.5 Å². The molecule has 0 aliphatic carbocycles. The molecule has 0 radical (unpaired) electrons. The Hall–Kier alpha value is -3.47. The van der Waals surface area contributed by atoms with Crippen molar-refractivity contribution in [3.05, 3.63) is 76.9 Å². The van der Waals surface area contributed by atoms with E-state index in [0.29, 0.717) is 53.4 Å². The van der Waals surface area contributed by atoms with Crippen LogP contribution in [-0.4, -0.2) is 47.6 Å². The molecule has 2 heterocycles. The number of ether oxygens (including phenoxy) is 2. The number of anilines is 3. The highest BCUT2D eigenvalue weighted by Crippen LogP contribution is 2.40. The lowest BCUT2D eigenvalue weighted by molar-refractivity contribution is -0.116. The maximum absolute atomic E-state index is 13.7. The maximum Gasteiger partial charge on any atom is 0.260 e. The van der Waals surface area contributed by atoms with Crippen LogP contribution in [0, 0.1) is 0 Å². The normalized spacial score (nSPS) is 16.5. The number of hydrogen-bond acceptors (Lipinski definition) is 7. The fourth-order valence-electron chi connectivity index (χ4n) is 5.36. The van der Waals surface area contributed by atoms with Crippen molar-refractivity contribution >= 4 is 49.5 Å². The van der Waals surface area contributed by atoms with E-state index >= 15 is 0 Å². The van der Waals surface area contributed by atoms with Gasteiger partial charge in [-0.25, -0.2) is 0 Å². The van der Waals surface area contributed by atoms with Crippen LogP contribution in [0.3, 0.4) is 0 Å². The third-order valence-corrected chi connectivity index (χ3v) is 11.1. The third-order valence-electron chi connectivity index (χ3n) is 8.00. The molecule has 2 amide bonds. The highest BCUT2D eigenvalue weighted by Gasteiger charge is 2.37. The lowest BCUT2D eigenvalue weighted by atomic mass is 10.1. The number of fused-ring (bicyclic) bond motifs is 4. The Kier molecular flexibility index (Phi) is 8.86. The molecule has 0 spiro atoms. The van der Waals surface area contributed by atoms with Crippen LogP contribution >= 0.6 is 0 Å². The van der Waals surface area contributed by atoms with Gasteiger partial charge in [-0.05, 0) is 66.1 Å². The fourth-order valence-corrected chi connectivity index (χ4v) is 6.00. The number of carbonyl (C=O) groups excluding carboxylic acids is 2. The Morgan fingerprint density at radius 3 is 2.67 bits per heavy atom. The third kappa shape index (κ3) is 6.30. The maximum atomic E-state index is 13.7. The molecular formula is C32H37N3O5S2. The number of carbonyl (C=O) groups is 2. The van der Waals surface area contributed by atoms with Crippen LogP contribution in [0.1, 0.15) is 53.7 Å². The molecule has 2 aliphatic rings. The van der Waals surface area contributed by atoms with Gasteiger partial charge in [-0.3, -0.25) is 9.59 Å². The molecule has 0 fully saturated rings. The van der Waals surface area contributed by atoms with E-state index in [9.17, 15) is 14.7 Å². The fraction of sp³-hybridized carbons (Fsp3) is 0.375. The van der Waals surface area contributed by atoms with E-state index in [1.54, 1.807) is 25.3 Å². The number of para-hydroxylation sites is 1. The zero-order chi connectivity index (χ0) is 30.0. The number of aliphatic hydroxyl groups excluding tert-OH is 1. The van der Waals surface area contributed by atoms with Gasteiger partial charge in [-0.15, -0.1) is 9.45 Å². The summed E-state index contributed by atoms with van der Waals surface area (Å²) in [5, 5.41) is 16.2. The Bertz CT molecular complexity index is 1540. The molecule has 5 rings (SSSR count). The van der Waals surface area contributed by atoms with E-state index in [0.717, 1.165) is 17.7 Å². The number of nitrogens with zero attached hydrogens (tertiary/aromatic N) is 1. The van der Waals surface area contributed by atoms with Crippen molar-refractivity contribution < 1.29 is 24.2 Å². The van der Waals surface area contributed by atoms with E-state index < -0.39 is 0 Å². The molecule has 42 heavy (non-hydrogen) atoms. The molecule has 3 N–H and O–H groups in total. The van der Waals surface area contributed by atoms with Crippen molar-refractivity contribution in [2.24, 2.45) is 0 Å². The Morgan fingerprint density at radius 2 is 1.93 bits per heavy atom. The SMILES string of the molecule is COc1cc2c(cc1OCc1cc(CO)cc(NC(=O)CCC(C)(C)S(C)=S)c1)NC[C@@H]1Cc3ccccc3N1C2=O. The summed E-state index contributed by atoms with van der Waals surface area (Å²) in [5.41, 5.74) is 5.37. The summed E-state index contributed by atoms with van der Waals surface area (Å²) in [5.74, 6) is 0.759. The Balaban J connectivity index is 1.32. The number of aliphatic hydroxyl groups is 1. The molecular weight excluding hydrogens is 571 g/mol. The van der Waals surface area contributed by atoms with E-state index in [1.165, 1.54) is 5.56 Å². The molecule has 222 valence electrons. The van der Waals surface area contributed by atoms with Crippen molar-refractivity contribution in [2.75, 3.05) is 35.4 Å². The molecule has 3 aromatic carbocycles. The number of hydrogen-bond donors (Lipinski definition) is 3. The predicted octanol–water partition coefficient (Wildman–Crippen LogP) is 4.97. The first-order valence-electron chi connectivity index (χ1n) is 14.0. The minimum atomic E-state index is -0.218. The monoisotopic (exact) mass is 607 g/mol. The summed E-state index contributed by atoms with van der Waals surface area (Å²) in [6.45, 7) is 4.78. The van der Waals surface area contributed by atoms with Crippen molar-refractivity contribution in [1.29, 1.82) is 0 Å². The molecule has 2 atom stereocenters. The Morgan fingerprint density at radius 1 is 1.17 bits per heavy atom. The van der Waals surface area contributed by atoms with Crippen LogP contribution in [0.25, 0.3) is 0 Å². The Labute approximate surface area is 254 Å². The molecule has 8 nitrogen and oxygen atoms in total. The standard InChI is InChI=1S/C32H37N3O5S2/c1-32(2,42(4)41)10-9-30(37)34-23-12-20(18-36)11-21(13-23)19-40-29-16-26-25(15-28(29)39-3)31(38)35-24(17-33-26)14-22-7-5-6-8-27(22)35/h5-8,11-13,15-16,24,33,36H,9-10,14,17-19H2,1-4H3,(H,34,37)/t24-,42?/m0/s1. The number of nitrogens with one attached hydrogen (secondary N) is 2. The van der Waals surface area contributed by atoms with Gasteiger partial charge >= 0.3 is 0 Å². The average molecular weight is 608 g/mol. The summed E-state index contributed by atoms with van der Waals surface area (Å²) < 4.78 is 11.7. The van der Waals surface area contributed by atoms with E-state index in [-0.39, 0.29) is 45.3 Å². The topological polar surface area (TPSA) is 100 Å². The zero-order valence-electron chi connectivity index (χ0n) is 24.4. The van der Waals surface area contributed by atoms with Crippen LogP contribution in [0.5, 0.6) is 11.5 Å². The predicted molar refractivity (Wildman–Crippen MR) is 172 cm³/mol. The lowest BCUT2D eigenvalue weighted by Crippen LogP contribution is -2.39. The summed E-state index contributed by atoms with van der Waals surface area (Å²) in [7, 11) is 1.33. The second-order valence-electron chi connectivity index (χ2n) is 11.3. The van der Waals surface area contributed by atoms with Crippen LogP contribution in [-0.2, 0) is 45.1 Å². The highest BCUT2D eigenvalue weighted by atomic mass is 32.8. The summed E-state index contributed by atoms with van der Waals surface area (Å²) in [6.07, 6.45) is 3.86. The van der Waals surface area contributed by atoms with Crippen molar-refractivity contribution in [1.82, 2.24) is 0 Å². The summed E-state index contributed by atoms with van der Waals surface area (Å²) in [4.78, 5) is 28.3. The quantitative estimate of drug-likeness (QED) is 0.299. The van der Waals surface area contributed by atoms with Crippen LogP contribution < -0.4 is 25.0 Å². The second-order valence-corrected chi connectivity index (χ2v) is 14.9. The van der Waals surface area contributed by atoms with E-state index in [4.69, 9.17) is 20.7 Å². The van der Waals surface area contributed by atoms with Gasteiger partial charge in [0.15, 0.2) is 11.5 Å². The molecule has 10 heteroatoms. The van der Waals surface area contributed by atoms with Crippen LogP contribution in [0.15, 0.2) is 54.6 Å². The molecule has 0 bridgehead atoms. The van der Waals surface area contributed by atoms with Crippen molar-refractivity contribution in [3.63, 3.8) is 0 Å². The average Bonchev–Trinajstić information content (AvgIpc) is 3.29. The molecule has 0 saturated heterocycles. The summed E-state index contributed by atoms with van der Waals surface area (Å²) in [6, 6.07) is 17.0. The molecule has 1 unspecified atom stereocenters. The number of rotatable bonds is 10. The minimum Gasteiger partial charge on any atom is -0.493 e. The first-order valence-corrected chi connectivity index (χ1v) is 16.5. The minimum absolute atomic E-state index is 0.0267. The van der Waals surface area contributed by atoms with Gasteiger partial charge in [-0.1, -0.05) is 43.2 Å². The van der Waals surface area contributed by atoms with Crippen molar-refractivity contribution in [3.8, 4) is 11.5 Å². The first kappa shape index (κ1) is 30.0. The van der Waals surface area contributed by atoms with E-state index in [2.05, 4.69) is 30.5 Å². The largest absolute Gasteiger partial charge is 0.493 e. The van der Waals surface area contributed by atoms with Gasteiger partial charge in [0.25, 0.3) is 5.91 Å². The first-order chi connectivity index (χ1) is 20.1. The van der Waals surface area contributed by atoms with Gasteiger partial charge in [0, 0.05) is 35.2 Å². The van der Waals surface area contributed by atoms with Gasteiger partial charge in [0.2, 0.25) is 5.91 Å². The van der Waals surface area contributed by atoms with Gasteiger partial charge in [0.1, 0.15) is 6.61 Å². The smallest absolute Gasteiger partial charge is 0.260 e. The second kappa shape index (κ2) is 12.4. The zero-order valence-corrected chi connectivity index (χ0v) is 26.0. The number of benzene rings is 3. The molecule has 3 aromatic rings. The highest BCUT2D eigenvalue weighted by molar-refractivity contribution is 8.29. The molecule has 0 saturated carbocycles.